The summed E-state index contributed by atoms with van der Waals surface area (Å²) in [6.45, 7) is 2.40. The van der Waals surface area contributed by atoms with E-state index >= 15 is 0 Å². The summed E-state index contributed by atoms with van der Waals surface area (Å²) >= 11 is 0. The van der Waals surface area contributed by atoms with Crippen molar-refractivity contribution in [3.8, 4) is 0 Å². The van der Waals surface area contributed by atoms with E-state index in [-0.39, 0.29) is 24.7 Å². The van der Waals surface area contributed by atoms with Crippen LogP contribution in [-0.4, -0.2) is 43.5 Å². The zero-order valence-corrected chi connectivity index (χ0v) is 11.8. The van der Waals surface area contributed by atoms with Gasteiger partial charge in [0.15, 0.2) is 0 Å². The predicted molar refractivity (Wildman–Crippen MR) is 67.3 cm³/mol. The lowest BCUT2D eigenvalue weighted by atomic mass is 9.93. The van der Waals surface area contributed by atoms with Crippen LogP contribution in [0.1, 0.15) is 39.5 Å². The zero-order chi connectivity index (χ0) is 15.2. The van der Waals surface area contributed by atoms with E-state index in [9.17, 15) is 18.0 Å². The van der Waals surface area contributed by atoms with E-state index in [0.717, 1.165) is 12.8 Å². The molecule has 1 fully saturated rings. The van der Waals surface area contributed by atoms with Crippen LogP contribution < -0.4 is 5.32 Å². The van der Waals surface area contributed by atoms with Gasteiger partial charge in [-0.05, 0) is 39.5 Å². The molecule has 118 valence electrons. The highest BCUT2D eigenvalue weighted by atomic mass is 19.4. The van der Waals surface area contributed by atoms with Crippen molar-refractivity contribution in [3.63, 3.8) is 0 Å². The van der Waals surface area contributed by atoms with E-state index < -0.39 is 18.9 Å². The molecule has 2 unspecified atom stereocenters. The first-order valence-electron chi connectivity index (χ1n) is 6.85. The number of carbonyl (C=O) groups is 1. The molecule has 0 saturated heterocycles. The van der Waals surface area contributed by atoms with Crippen molar-refractivity contribution >= 4 is 5.91 Å². The monoisotopic (exact) mass is 297 g/mol. The number of nitrogens with one attached hydrogen (secondary N) is 1. The van der Waals surface area contributed by atoms with Gasteiger partial charge in [-0.1, -0.05) is 0 Å². The number of hydrogen-bond acceptors (Lipinski definition) is 3. The Hall–Kier alpha value is -0.820. The van der Waals surface area contributed by atoms with Gasteiger partial charge < -0.3 is 14.8 Å². The fraction of sp³-hybridized carbons (Fsp3) is 0.923. The van der Waals surface area contributed by atoms with Gasteiger partial charge in [-0.3, -0.25) is 4.79 Å². The molecule has 0 aliphatic heterocycles. The Bertz CT molecular complexity index is 308. The molecule has 1 aliphatic rings. The molecule has 1 rings (SSSR count). The number of alkyl halides is 3. The number of carbonyl (C=O) groups excluding carboxylic acids is 1. The normalized spacial score (nSPS) is 23.9. The minimum atomic E-state index is -4.30. The maximum Gasteiger partial charge on any atom is 0.411 e. The van der Waals surface area contributed by atoms with Gasteiger partial charge in [0, 0.05) is 6.04 Å². The molecular formula is C13H22F3NO3. The summed E-state index contributed by atoms with van der Waals surface area (Å²) in [6.07, 6.45) is -2.25. The van der Waals surface area contributed by atoms with E-state index in [4.69, 9.17) is 9.47 Å². The second-order valence-corrected chi connectivity index (χ2v) is 5.34. The minimum Gasteiger partial charge on any atom is -0.369 e. The van der Waals surface area contributed by atoms with Crippen LogP contribution >= 0.6 is 0 Å². The van der Waals surface area contributed by atoms with Gasteiger partial charge in [0.25, 0.3) is 0 Å². The molecule has 0 aromatic rings. The van der Waals surface area contributed by atoms with Crippen molar-refractivity contribution in [3.05, 3.63) is 0 Å². The minimum absolute atomic E-state index is 0.0256. The van der Waals surface area contributed by atoms with Crippen LogP contribution in [0.3, 0.4) is 0 Å². The first-order valence-corrected chi connectivity index (χ1v) is 6.85. The van der Waals surface area contributed by atoms with Gasteiger partial charge in [0.1, 0.15) is 13.2 Å². The number of halogens is 3. The molecular weight excluding hydrogens is 275 g/mol. The number of hydrogen-bond donors (Lipinski definition) is 1. The molecule has 0 bridgehead atoms. The third-order valence-electron chi connectivity index (χ3n) is 3.02. The summed E-state index contributed by atoms with van der Waals surface area (Å²) in [5.74, 6) is -0.236. The largest absolute Gasteiger partial charge is 0.411 e. The fourth-order valence-corrected chi connectivity index (χ4v) is 2.15. The summed E-state index contributed by atoms with van der Waals surface area (Å²) in [5.41, 5.74) is 0. The quantitative estimate of drug-likeness (QED) is 0.819. The summed E-state index contributed by atoms with van der Waals surface area (Å²) in [7, 11) is 0. The molecule has 2 atom stereocenters. The lowest BCUT2D eigenvalue weighted by molar-refractivity contribution is -0.188. The van der Waals surface area contributed by atoms with E-state index in [2.05, 4.69) is 5.32 Å². The smallest absolute Gasteiger partial charge is 0.369 e. The third kappa shape index (κ3) is 7.69. The summed E-state index contributed by atoms with van der Waals surface area (Å²) in [6, 6.07) is -0.134. The molecule has 0 aromatic heterocycles. The highest BCUT2D eigenvalue weighted by Gasteiger charge is 2.31. The Kier molecular flexibility index (Phi) is 6.75. The molecule has 0 radical (unpaired) electrons. The van der Waals surface area contributed by atoms with Crippen LogP contribution in [0.25, 0.3) is 0 Å². The Balaban J connectivity index is 2.28. The average molecular weight is 297 g/mol. The number of ether oxygens (including phenoxy) is 2. The molecule has 0 spiro atoms. The van der Waals surface area contributed by atoms with Crippen molar-refractivity contribution < 1.29 is 27.4 Å². The van der Waals surface area contributed by atoms with Crippen molar-refractivity contribution in [2.24, 2.45) is 0 Å². The second kappa shape index (κ2) is 7.83. The average Bonchev–Trinajstić information content (AvgIpc) is 2.34. The molecule has 0 aromatic carbocycles. The van der Waals surface area contributed by atoms with Crippen molar-refractivity contribution in [2.75, 3.05) is 13.2 Å². The molecule has 1 saturated carbocycles. The lowest BCUT2D eigenvalue weighted by Crippen LogP contribution is -2.42. The zero-order valence-electron chi connectivity index (χ0n) is 11.8. The molecule has 1 aliphatic carbocycles. The SMILES string of the molecule is CC(C)OCC(=O)NC1CCCC(OCC(F)(F)F)C1. The highest BCUT2D eigenvalue weighted by Crippen LogP contribution is 2.24. The Morgan fingerprint density at radius 1 is 1.35 bits per heavy atom. The van der Waals surface area contributed by atoms with Crippen LogP contribution in [0.15, 0.2) is 0 Å². The van der Waals surface area contributed by atoms with Crippen LogP contribution in [0.5, 0.6) is 0 Å². The first-order chi connectivity index (χ1) is 9.26. The molecule has 20 heavy (non-hydrogen) atoms. The maximum absolute atomic E-state index is 12.1. The third-order valence-corrected chi connectivity index (χ3v) is 3.02. The van der Waals surface area contributed by atoms with Gasteiger partial charge in [-0.25, -0.2) is 0 Å². The standard InChI is InChI=1S/C13H22F3NO3/c1-9(2)19-7-12(18)17-10-4-3-5-11(6-10)20-8-13(14,15)16/h9-11H,3-8H2,1-2H3,(H,17,18). The summed E-state index contributed by atoms with van der Waals surface area (Å²) < 4.78 is 46.3. The molecule has 0 heterocycles. The number of rotatable bonds is 6. The number of amides is 1. The highest BCUT2D eigenvalue weighted by molar-refractivity contribution is 5.77. The van der Waals surface area contributed by atoms with Crippen LogP contribution in [-0.2, 0) is 14.3 Å². The predicted octanol–water partition coefficient (Wildman–Crippen LogP) is 2.42. The maximum atomic E-state index is 12.1. The van der Waals surface area contributed by atoms with Gasteiger partial charge in [0.05, 0.1) is 12.2 Å². The van der Waals surface area contributed by atoms with Crippen LogP contribution in [0.4, 0.5) is 13.2 Å². The molecule has 4 nitrogen and oxygen atoms in total. The second-order valence-electron chi connectivity index (χ2n) is 5.34. The van der Waals surface area contributed by atoms with Gasteiger partial charge in [-0.2, -0.15) is 13.2 Å². The van der Waals surface area contributed by atoms with Crippen LogP contribution in [0.2, 0.25) is 0 Å². The Morgan fingerprint density at radius 2 is 2.05 bits per heavy atom. The topological polar surface area (TPSA) is 47.6 Å². The van der Waals surface area contributed by atoms with E-state index in [0.29, 0.717) is 12.8 Å². The Labute approximate surface area is 117 Å². The molecule has 1 amide bonds. The van der Waals surface area contributed by atoms with E-state index in [1.807, 2.05) is 13.8 Å². The van der Waals surface area contributed by atoms with Gasteiger partial charge >= 0.3 is 6.18 Å². The van der Waals surface area contributed by atoms with Gasteiger partial charge in [-0.15, -0.1) is 0 Å². The Morgan fingerprint density at radius 3 is 2.65 bits per heavy atom. The van der Waals surface area contributed by atoms with Crippen molar-refractivity contribution in [1.82, 2.24) is 5.32 Å². The van der Waals surface area contributed by atoms with E-state index in [1.165, 1.54) is 0 Å². The summed E-state index contributed by atoms with van der Waals surface area (Å²) in [4.78, 5) is 11.6. The fourth-order valence-electron chi connectivity index (χ4n) is 2.15. The molecule has 1 N–H and O–H groups in total. The van der Waals surface area contributed by atoms with Crippen LogP contribution in [0, 0.1) is 0 Å². The lowest BCUT2D eigenvalue weighted by Gasteiger charge is -2.30. The first kappa shape index (κ1) is 17.2. The summed E-state index contributed by atoms with van der Waals surface area (Å²) in [5, 5.41) is 2.78. The molecule has 7 heteroatoms. The van der Waals surface area contributed by atoms with Crippen molar-refractivity contribution in [1.29, 1.82) is 0 Å². The van der Waals surface area contributed by atoms with Crippen molar-refractivity contribution in [2.45, 2.75) is 64.0 Å². The van der Waals surface area contributed by atoms with Gasteiger partial charge in [0.2, 0.25) is 5.91 Å². The van der Waals surface area contributed by atoms with E-state index in [1.54, 1.807) is 0 Å².